The Morgan fingerprint density at radius 3 is 2.47 bits per heavy atom. The topological polar surface area (TPSA) is 79.9 Å². The van der Waals surface area contributed by atoms with E-state index in [1.165, 1.54) is 0 Å². The van der Waals surface area contributed by atoms with Crippen molar-refractivity contribution >= 4 is 46.4 Å². The quantitative estimate of drug-likeness (QED) is 0.684. The number of amides is 2. The zero-order chi connectivity index (χ0) is 21.5. The molecule has 2 amide bonds. The molecular weight excluding hydrogens is 426 g/mol. The number of carbonyl (C=O) groups is 2. The van der Waals surface area contributed by atoms with Crippen LogP contribution in [-0.2, 0) is 4.74 Å². The average molecular weight is 448 g/mol. The molecule has 1 fully saturated rings. The van der Waals surface area contributed by atoms with Gasteiger partial charge in [0.2, 0.25) is 0 Å². The van der Waals surface area contributed by atoms with Gasteiger partial charge in [0.15, 0.2) is 5.11 Å². The molecule has 0 radical (unpaired) electrons. The van der Waals surface area contributed by atoms with Crippen molar-refractivity contribution in [1.29, 1.82) is 0 Å². The van der Waals surface area contributed by atoms with Gasteiger partial charge in [-0.3, -0.25) is 14.9 Å². The Hall–Kier alpha value is -2.68. The van der Waals surface area contributed by atoms with Crippen LogP contribution in [0, 0.1) is 0 Å². The van der Waals surface area contributed by atoms with E-state index in [4.69, 9.17) is 33.3 Å². The normalized spacial score (nSPS) is 13.5. The largest absolute Gasteiger partial charge is 0.494 e. The number of hydrogen-bond acceptors (Lipinski definition) is 5. The van der Waals surface area contributed by atoms with Crippen LogP contribution in [0.5, 0.6) is 5.75 Å². The number of nitrogens with zero attached hydrogens (tertiary/aromatic N) is 1. The van der Waals surface area contributed by atoms with Gasteiger partial charge in [0.25, 0.3) is 11.8 Å². The number of thiocarbonyl (C=S) groups is 1. The molecule has 0 aliphatic carbocycles. The zero-order valence-electron chi connectivity index (χ0n) is 16.4. The molecule has 1 aliphatic rings. The third-order valence-corrected chi connectivity index (χ3v) is 4.95. The van der Waals surface area contributed by atoms with Crippen LogP contribution in [-0.4, -0.2) is 54.7 Å². The first-order valence-corrected chi connectivity index (χ1v) is 10.3. The van der Waals surface area contributed by atoms with Gasteiger partial charge in [0.1, 0.15) is 5.75 Å². The molecular formula is C21H22ClN3O4S. The number of morpholine rings is 1. The van der Waals surface area contributed by atoms with Crippen LogP contribution in [0.1, 0.15) is 27.6 Å². The van der Waals surface area contributed by atoms with E-state index in [2.05, 4.69) is 10.6 Å². The number of nitrogens with one attached hydrogen (secondary N) is 2. The summed E-state index contributed by atoms with van der Waals surface area (Å²) < 4.78 is 10.6. The molecule has 7 nitrogen and oxygen atoms in total. The van der Waals surface area contributed by atoms with Crippen LogP contribution in [0.15, 0.2) is 42.5 Å². The fourth-order valence-electron chi connectivity index (χ4n) is 2.90. The van der Waals surface area contributed by atoms with E-state index in [1.807, 2.05) is 6.92 Å². The Balaban J connectivity index is 1.64. The van der Waals surface area contributed by atoms with Crippen LogP contribution in [0.2, 0.25) is 5.02 Å². The van der Waals surface area contributed by atoms with Gasteiger partial charge in [0, 0.05) is 24.2 Å². The van der Waals surface area contributed by atoms with Gasteiger partial charge in [-0.25, -0.2) is 0 Å². The molecule has 9 heteroatoms. The summed E-state index contributed by atoms with van der Waals surface area (Å²) in [5.74, 6) is 0.206. The number of ether oxygens (including phenoxy) is 2. The first-order chi connectivity index (χ1) is 14.5. The lowest BCUT2D eigenvalue weighted by molar-refractivity contribution is 0.0303. The first-order valence-electron chi connectivity index (χ1n) is 9.49. The van der Waals surface area contributed by atoms with Crippen LogP contribution in [0.25, 0.3) is 0 Å². The van der Waals surface area contributed by atoms with Crippen LogP contribution < -0.4 is 15.4 Å². The molecule has 0 spiro atoms. The Labute approximate surface area is 185 Å². The number of rotatable bonds is 5. The highest BCUT2D eigenvalue weighted by Gasteiger charge is 2.19. The second-order valence-corrected chi connectivity index (χ2v) is 7.28. The van der Waals surface area contributed by atoms with Crippen molar-refractivity contribution in [3.8, 4) is 5.75 Å². The predicted octanol–water partition coefficient (Wildman–Crippen LogP) is 3.34. The Bertz CT molecular complexity index is 930. The van der Waals surface area contributed by atoms with Gasteiger partial charge in [0.05, 0.1) is 30.5 Å². The van der Waals surface area contributed by atoms with Crippen molar-refractivity contribution in [2.45, 2.75) is 6.92 Å². The molecule has 2 aromatic rings. The molecule has 0 atom stereocenters. The van der Waals surface area contributed by atoms with Crippen molar-refractivity contribution in [3.63, 3.8) is 0 Å². The van der Waals surface area contributed by atoms with Gasteiger partial charge in [-0.1, -0.05) is 11.6 Å². The van der Waals surface area contributed by atoms with Gasteiger partial charge in [-0.15, -0.1) is 0 Å². The van der Waals surface area contributed by atoms with E-state index in [0.717, 1.165) is 0 Å². The highest BCUT2D eigenvalue weighted by atomic mass is 35.5. The van der Waals surface area contributed by atoms with E-state index in [0.29, 0.717) is 60.5 Å². The minimum absolute atomic E-state index is 0.0757. The highest BCUT2D eigenvalue weighted by Crippen LogP contribution is 2.24. The summed E-state index contributed by atoms with van der Waals surface area (Å²) in [7, 11) is 0. The van der Waals surface area contributed by atoms with Gasteiger partial charge in [-0.05, 0) is 61.6 Å². The lowest BCUT2D eigenvalue weighted by Crippen LogP contribution is -2.40. The van der Waals surface area contributed by atoms with Crippen molar-refractivity contribution in [3.05, 3.63) is 58.6 Å². The molecule has 1 heterocycles. The van der Waals surface area contributed by atoms with Crippen molar-refractivity contribution in [2.75, 3.05) is 38.2 Å². The molecule has 2 N–H and O–H groups in total. The minimum atomic E-state index is -0.368. The smallest absolute Gasteiger partial charge is 0.257 e. The summed E-state index contributed by atoms with van der Waals surface area (Å²) in [4.78, 5) is 26.8. The zero-order valence-corrected chi connectivity index (χ0v) is 18.0. The highest BCUT2D eigenvalue weighted by molar-refractivity contribution is 7.80. The molecule has 3 rings (SSSR count). The van der Waals surface area contributed by atoms with E-state index in [1.54, 1.807) is 47.4 Å². The maximum Gasteiger partial charge on any atom is 0.257 e. The molecule has 1 aliphatic heterocycles. The molecule has 2 aromatic carbocycles. The third kappa shape index (κ3) is 5.69. The summed E-state index contributed by atoms with van der Waals surface area (Å²) in [6.45, 7) is 4.56. The minimum Gasteiger partial charge on any atom is -0.494 e. The second kappa shape index (κ2) is 10.4. The van der Waals surface area contributed by atoms with Crippen LogP contribution in [0.3, 0.4) is 0 Å². The average Bonchev–Trinajstić information content (AvgIpc) is 2.76. The molecule has 0 saturated carbocycles. The number of hydrogen-bond donors (Lipinski definition) is 2. The molecule has 1 saturated heterocycles. The monoisotopic (exact) mass is 447 g/mol. The number of anilines is 1. The number of carbonyl (C=O) groups excluding carboxylic acids is 2. The summed E-state index contributed by atoms with van der Waals surface area (Å²) in [6.07, 6.45) is 0. The summed E-state index contributed by atoms with van der Waals surface area (Å²) >= 11 is 11.5. The molecule has 0 bridgehead atoms. The SMILES string of the molecule is CCOc1ccc(C(=O)NC(=S)Nc2cc(C(=O)N3CCOCC3)ccc2Cl)cc1. The summed E-state index contributed by atoms with van der Waals surface area (Å²) in [5.41, 5.74) is 1.35. The lowest BCUT2D eigenvalue weighted by atomic mass is 10.1. The van der Waals surface area contributed by atoms with E-state index >= 15 is 0 Å². The Morgan fingerprint density at radius 1 is 1.13 bits per heavy atom. The molecule has 30 heavy (non-hydrogen) atoms. The second-order valence-electron chi connectivity index (χ2n) is 6.46. The molecule has 158 valence electrons. The number of benzene rings is 2. The van der Waals surface area contributed by atoms with Crippen molar-refractivity contribution in [1.82, 2.24) is 10.2 Å². The van der Waals surface area contributed by atoms with Crippen molar-refractivity contribution < 1.29 is 19.1 Å². The fourth-order valence-corrected chi connectivity index (χ4v) is 3.27. The first kappa shape index (κ1) is 22.0. The summed E-state index contributed by atoms with van der Waals surface area (Å²) in [6, 6.07) is 11.6. The Morgan fingerprint density at radius 2 is 1.80 bits per heavy atom. The predicted molar refractivity (Wildman–Crippen MR) is 119 cm³/mol. The van der Waals surface area contributed by atoms with E-state index < -0.39 is 0 Å². The fraction of sp³-hybridized carbons (Fsp3) is 0.286. The van der Waals surface area contributed by atoms with Gasteiger partial charge >= 0.3 is 0 Å². The maximum atomic E-state index is 12.7. The molecule has 0 unspecified atom stereocenters. The van der Waals surface area contributed by atoms with E-state index in [-0.39, 0.29) is 16.9 Å². The van der Waals surface area contributed by atoms with Crippen LogP contribution >= 0.6 is 23.8 Å². The third-order valence-electron chi connectivity index (χ3n) is 4.41. The van der Waals surface area contributed by atoms with Gasteiger partial charge < -0.3 is 19.7 Å². The van der Waals surface area contributed by atoms with E-state index in [9.17, 15) is 9.59 Å². The van der Waals surface area contributed by atoms with Crippen LogP contribution in [0.4, 0.5) is 5.69 Å². The van der Waals surface area contributed by atoms with Gasteiger partial charge in [-0.2, -0.15) is 0 Å². The maximum absolute atomic E-state index is 12.7. The standard InChI is InChI=1S/C21H22ClN3O4S/c1-2-29-16-6-3-14(4-7-16)19(26)24-21(30)23-18-13-15(5-8-17(18)22)20(27)25-9-11-28-12-10-25/h3-8,13H,2,9-12H2,1H3,(H2,23,24,26,30). The molecule has 0 aromatic heterocycles. The van der Waals surface area contributed by atoms with Crippen molar-refractivity contribution in [2.24, 2.45) is 0 Å². The summed E-state index contributed by atoms with van der Waals surface area (Å²) in [5, 5.41) is 5.95. The lowest BCUT2D eigenvalue weighted by Gasteiger charge is -2.27. The number of halogens is 1. The Kier molecular flexibility index (Phi) is 7.62.